The third kappa shape index (κ3) is 2.61. The second kappa shape index (κ2) is 5.53. The van der Waals surface area contributed by atoms with Crippen molar-refractivity contribution in [2.75, 3.05) is 19.7 Å². The summed E-state index contributed by atoms with van der Waals surface area (Å²) in [4.78, 5) is 26.0. The molecule has 108 valence electrons. The molecule has 5 nitrogen and oxygen atoms in total. The van der Waals surface area contributed by atoms with Crippen molar-refractivity contribution >= 4 is 11.8 Å². The zero-order valence-corrected chi connectivity index (χ0v) is 12.1. The zero-order chi connectivity index (χ0) is 14.8. The van der Waals surface area contributed by atoms with E-state index in [2.05, 4.69) is 5.32 Å². The molecule has 5 heteroatoms. The maximum atomic E-state index is 12.5. The molecule has 0 aromatic heterocycles. The molecule has 1 saturated heterocycles. The first-order valence-corrected chi connectivity index (χ1v) is 6.80. The lowest BCUT2D eigenvalue weighted by atomic mass is 9.97. The Labute approximate surface area is 118 Å². The summed E-state index contributed by atoms with van der Waals surface area (Å²) in [7, 11) is 0. The lowest BCUT2D eigenvalue weighted by molar-refractivity contribution is -0.133. The van der Waals surface area contributed by atoms with Gasteiger partial charge < -0.3 is 15.0 Å². The van der Waals surface area contributed by atoms with Crippen LogP contribution in [0.2, 0.25) is 0 Å². The SMILES string of the molecule is CCOc1ccc(C(=O)N2CCNC(=O)C2(C)C)cc1. The average molecular weight is 276 g/mol. The Hall–Kier alpha value is -2.04. The molecule has 0 spiro atoms. The van der Waals surface area contributed by atoms with Crippen molar-refractivity contribution in [2.24, 2.45) is 0 Å². The largest absolute Gasteiger partial charge is 0.494 e. The molecular weight excluding hydrogens is 256 g/mol. The van der Waals surface area contributed by atoms with Crippen molar-refractivity contribution in [1.82, 2.24) is 10.2 Å². The Kier molecular flexibility index (Phi) is 3.97. The molecule has 1 N–H and O–H groups in total. The highest BCUT2D eigenvalue weighted by molar-refractivity contribution is 5.99. The van der Waals surface area contributed by atoms with Crippen LogP contribution >= 0.6 is 0 Å². The molecule has 0 radical (unpaired) electrons. The fraction of sp³-hybridized carbons (Fsp3) is 0.467. The number of nitrogens with zero attached hydrogens (tertiary/aromatic N) is 1. The number of amides is 2. The number of piperazine rings is 1. The molecule has 0 bridgehead atoms. The van der Waals surface area contributed by atoms with Gasteiger partial charge in [0.15, 0.2) is 0 Å². The first kappa shape index (κ1) is 14.4. The van der Waals surface area contributed by atoms with Gasteiger partial charge in [-0.2, -0.15) is 0 Å². The molecule has 0 saturated carbocycles. The van der Waals surface area contributed by atoms with E-state index in [0.29, 0.717) is 25.3 Å². The van der Waals surface area contributed by atoms with Gasteiger partial charge in [0.2, 0.25) is 5.91 Å². The Morgan fingerprint density at radius 3 is 2.60 bits per heavy atom. The molecular formula is C15H20N2O3. The van der Waals surface area contributed by atoms with E-state index < -0.39 is 5.54 Å². The van der Waals surface area contributed by atoms with E-state index in [-0.39, 0.29) is 11.8 Å². The normalized spacial score (nSPS) is 17.6. The summed E-state index contributed by atoms with van der Waals surface area (Å²) in [6.45, 7) is 7.03. The first-order chi connectivity index (χ1) is 9.46. The number of carbonyl (C=O) groups excluding carboxylic acids is 2. The molecule has 0 aliphatic carbocycles. The van der Waals surface area contributed by atoms with Crippen molar-refractivity contribution < 1.29 is 14.3 Å². The lowest BCUT2D eigenvalue weighted by Gasteiger charge is -2.41. The Morgan fingerprint density at radius 2 is 2.00 bits per heavy atom. The van der Waals surface area contributed by atoms with E-state index in [1.54, 1.807) is 43.0 Å². The second-order valence-corrected chi connectivity index (χ2v) is 5.23. The van der Waals surface area contributed by atoms with Crippen LogP contribution in [-0.2, 0) is 4.79 Å². The van der Waals surface area contributed by atoms with Gasteiger partial charge >= 0.3 is 0 Å². The van der Waals surface area contributed by atoms with Crippen LogP contribution in [0, 0.1) is 0 Å². The first-order valence-electron chi connectivity index (χ1n) is 6.80. The Morgan fingerprint density at radius 1 is 1.35 bits per heavy atom. The Bertz CT molecular complexity index is 508. The van der Waals surface area contributed by atoms with Crippen LogP contribution in [-0.4, -0.2) is 41.9 Å². The monoisotopic (exact) mass is 276 g/mol. The molecule has 1 aromatic carbocycles. The summed E-state index contributed by atoms with van der Waals surface area (Å²) in [6, 6.07) is 7.01. The molecule has 1 aliphatic rings. The highest BCUT2D eigenvalue weighted by Crippen LogP contribution is 2.21. The van der Waals surface area contributed by atoms with Crippen molar-refractivity contribution in [3.8, 4) is 5.75 Å². The third-order valence-corrected chi connectivity index (χ3v) is 3.51. The van der Waals surface area contributed by atoms with E-state index in [1.807, 2.05) is 6.92 Å². The van der Waals surface area contributed by atoms with Gasteiger partial charge in [-0.05, 0) is 45.0 Å². The molecule has 20 heavy (non-hydrogen) atoms. The van der Waals surface area contributed by atoms with Crippen LogP contribution in [0.3, 0.4) is 0 Å². The molecule has 1 fully saturated rings. The topological polar surface area (TPSA) is 58.6 Å². The molecule has 0 atom stereocenters. The fourth-order valence-corrected chi connectivity index (χ4v) is 2.27. The van der Waals surface area contributed by atoms with Gasteiger partial charge in [-0.3, -0.25) is 9.59 Å². The van der Waals surface area contributed by atoms with E-state index >= 15 is 0 Å². The van der Waals surface area contributed by atoms with Crippen LogP contribution in [0.15, 0.2) is 24.3 Å². The summed E-state index contributed by atoms with van der Waals surface area (Å²) in [5.41, 5.74) is -0.260. The smallest absolute Gasteiger partial charge is 0.254 e. The van der Waals surface area contributed by atoms with E-state index in [4.69, 9.17) is 4.74 Å². The maximum Gasteiger partial charge on any atom is 0.254 e. The number of ether oxygens (including phenoxy) is 1. The summed E-state index contributed by atoms with van der Waals surface area (Å²) in [5.74, 6) is 0.482. The lowest BCUT2D eigenvalue weighted by Crippen LogP contribution is -2.63. The van der Waals surface area contributed by atoms with Gasteiger partial charge in [0, 0.05) is 18.7 Å². The van der Waals surface area contributed by atoms with Crippen LogP contribution < -0.4 is 10.1 Å². The summed E-state index contributed by atoms with van der Waals surface area (Å²) < 4.78 is 5.36. The van der Waals surface area contributed by atoms with Gasteiger partial charge in [0.25, 0.3) is 5.91 Å². The van der Waals surface area contributed by atoms with Crippen molar-refractivity contribution in [1.29, 1.82) is 0 Å². The van der Waals surface area contributed by atoms with E-state index in [9.17, 15) is 9.59 Å². The minimum atomic E-state index is -0.825. The maximum absolute atomic E-state index is 12.5. The van der Waals surface area contributed by atoms with Gasteiger partial charge in [-0.1, -0.05) is 0 Å². The quantitative estimate of drug-likeness (QED) is 0.908. The number of benzene rings is 1. The van der Waals surface area contributed by atoms with Crippen LogP contribution in [0.5, 0.6) is 5.75 Å². The molecule has 2 amide bonds. The van der Waals surface area contributed by atoms with Crippen LogP contribution in [0.4, 0.5) is 0 Å². The minimum absolute atomic E-state index is 0.122. The minimum Gasteiger partial charge on any atom is -0.494 e. The number of hydrogen-bond donors (Lipinski definition) is 1. The average Bonchev–Trinajstić information content (AvgIpc) is 2.42. The zero-order valence-electron chi connectivity index (χ0n) is 12.1. The predicted molar refractivity (Wildman–Crippen MR) is 75.7 cm³/mol. The molecule has 1 aliphatic heterocycles. The summed E-state index contributed by atoms with van der Waals surface area (Å²) >= 11 is 0. The van der Waals surface area contributed by atoms with Gasteiger partial charge in [0.05, 0.1) is 6.61 Å². The van der Waals surface area contributed by atoms with Crippen molar-refractivity contribution in [3.63, 3.8) is 0 Å². The highest BCUT2D eigenvalue weighted by atomic mass is 16.5. The van der Waals surface area contributed by atoms with E-state index in [1.165, 1.54) is 0 Å². The van der Waals surface area contributed by atoms with Crippen molar-refractivity contribution in [3.05, 3.63) is 29.8 Å². The second-order valence-electron chi connectivity index (χ2n) is 5.23. The highest BCUT2D eigenvalue weighted by Gasteiger charge is 2.40. The standard InChI is InChI=1S/C15H20N2O3/c1-4-20-12-7-5-11(6-8-12)13(18)17-10-9-16-14(19)15(17,2)3/h5-8H,4,9-10H2,1-3H3,(H,16,19). The fourth-order valence-electron chi connectivity index (χ4n) is 2.27. The van der Waals surface area contributed by atoms with Gasteiger partial charge in [-0.25, -0.2) is 0 Å². The third-order valence-electron chi connectivity index (χ3n) is 3.51. The van der Waals surface area contributed by atoms with Crippen LogP contribution in [0.25, 0.3) is 0 Å². The van der Waals surface area contributed by atoms with Gasteiger partial charge in [0.1, 0.15) is 11.3 Å². The number of nitrogens with one attached hydrogen (secondary N) is 1. The predicted octanol–water partition coefficient (Wildman–Crippen LogP) is 1.44. The number of hydrogen-bond acceptors (Lipinski definition) is 3. The number of carbonyl (C=O) groups is 2. The molecule has 0 unspecified atom stereocenters. The number of rotatable bonds is 3. The Balaban J connectivity index is 2.20. The van der Waals surface area contributed by atoms with Gasteiger partial charge in [-0.15, -0.1) is 0 Å². The molecule has 1 aromatic rings. The summed E-state index contributed by atoms with van der Waals surface area (Å²) in [5, 5.41) is 2.78. The summed E-state index contributed by atoms with van der Waals surface area (Å²) in [6.07, 6.45) is 0. The van der Waals surface area contributed by atoms with Crippen LogP contribution in [0.1, 0.15) is 31.1 Å². The van der Waals surface area contributed by atoms with Crippen molar-refractivity contribution in [2.45, 2.75) is 26.3 Å². The molecule has 1 heterocycles. The molecule has 2 rings (SSSR count). The van der Waals surface area contributed by atoms with E-state index in [0.717, 1.165) is 5.75 Å².